The van der Waals surface area contributed by atoms with Crippen molar-refractivity contribution in [2.45, 2.75) is 0 Å². The molecule has 1 rings (SSSR count). The molecule has 0 heterocycles. The van der Waals surface area contributed by atoms with Crippen molar-refractivity contribution in [3.8, 4) is 5.75 Å². The maximum absolute atomic E-state index is 10.1. The molecule has 0 bridgehead atoms. The Morgan fingerprint density at radius 2 is 1.90 bits per heavy atom. The average Bonchev–Trinajstić information content (AvgIpc) is 2.36. The van der Waals surface area contributed by atoms with E-state index in [0.717, 1.165) is 9.70 Å². The summed E-state index contributed by atoms with van der Waals surface area (Å²) < 4.78 is 54.2. The third-order valence-electron chi connectivity index (χ3n) is 2.06. The molecule has 0 atom stereocenters. The normalized spacial score (nSPS) is 10.2. The number of hydrogen-bond donors (Lipinski definition) is 2. The smallest absolute Gasteiger partial charge is 0.458 e. The van der Waals surface area contributed by atoms with Gasteiger partial charge in [0.2, 0.25) is 0 Å². The molecule has 0 radical (unpaired) electrons. The summed E-state index contributed by atoms with van der Waals surface area (Å²) in [4.78, 5) is 0. The lowest BCUT2D eigenvalue weighted by molar-refractivity contribution is -0.466. The molecule has 1 aromatic carbocycles. The Hall–Kier alpha value is -1.65. The highest BCUT2D eigenvalue weighted by Crippen LogP contribution is 2.18. The van der Waals surface area contributed by atoms with Crippen LogP contribution in [0.25, 0.3) is 0 Å². The minimum absolute atomic E-state index is 0.241. The van der Waals surface area contributed by atoms with Crippen molar-refractivity contribution in [2.24, 2.45) is 0 Å². The highest BCUT2D eigenvalue weighted by atomic mass is 32.2. The van der Waals surface area contributed by atoms with Crippen LogP contribution in [0.2, 0.25) is 0 Å². The van der Waals surface area contributed by atoms with Crippen LogP contribution >= 0.6 is 0 Å². The number of benzene rings is 1. The first-order chi connectivity index (χ1) is 9.17. The second-order valence-electron chi connectivity index (χ2n) is 3.60. The Morgan fingerprint density at radius 3 is 2.25 bits per heavy atom. The van der Waals surface area contributed by atoms with Crippen LogP contribution in [0.5, 0.6) is 5.75 Å². The van der Waals surface area contributed by atoms with Gasteiger partial charge in [0.15, 0.2) is 13.6 Å². The van der Waals surface area contributed by atoms with E-state index in [2.05, 4.69) is 0 Å². The second kappa shape index (κ2) is 8.51. The standard InChI is InChI=1S/C7H9NO.C3H7NO5S2/c1-9-7-5-3-2-4-6(7)8;1-4(10(5)6)2-3-11(7,8)9/h2-5H,8H2,1H3;2-3H2,1H3/p+1. The van der Waals surface area contributed by atoms with Crippen molar-refractivity contribution in [3.05, 3.63) is 24.3 Å². The number of hydrogen-bond acceptors (Lipinski definition) is 6. The van der Waals surface area contributed by atoms with Crippen molar-refractivity contribution in [1.82, 2.24) is 0 Å². The molecule has 0 aliphatic carbocycles. The monoisotopic (exact) mass is 325 g/mol. The number of rotatable bonds is 4. The Morgan fingerprint density at radius 1 is 1.35 bits per heavy atom. The molecule has 0 aliphatic rings. The lowest BCUT2D eigenvalue weighted by Gasteiger charge is -2.00. The van der Waals surface area contributed by atoms with Crippen molar-refractivity contribution in [3.63, 3.8) is 0 Å². The fourth-order valence-electron chi connectivity index (χ4n) is 0.985. The van der Waals surface area contributed by atoms with Gasteiger partial charge in [-0.15, -0.1) is 12.4 Å². The van der Waals surface area contributed by atoms with Gasteiger partial charge >= 0.3 is 10.5 Å². The predicted molar refractivity (Wildman–Crippen MR) is 73.8 cm³/mol. The van der Waals surface area contributed by atoms with E-state index in [1.165, 1.54) is 7.05 Å². The first-order valence-corrected chi connectivity index (χ1v) is 7.95. The van der Waals surface area contributed by atoms with E-state index in [-0.39, 0.29) is 6.54 Å². The third-order valence-corrected chi connectivity index (χ3v) is 3.45. The van der Waals surface area contributed by atoms with Crippen LogP contribution in [0.4, 0.5) is 5.69 Å². The molecular weight excluding hydrogens is 308 g/mol. The molecule has 0 amide bonds. The van der Waals surface area contributed by atoms with E-state index < -0.39 is 26.4 Å². The minimum Gasteiger partial charge on any atom is -0.495 e. The molecule has 0 spiro atoms. The first-order valence-electron chi connectivity index (χ1n) is 5.31. The van der Waals surface area contributed by atoms with E-state index >= 15 is 0 Å². The molecule has 0 unspecified atom stereocenters. The highest BCUT2D eigenvalue weighted by Gasteiger charge is 2.09. The summed E-state index contributed by atoms with van der Waals surface area (Å²) in [5.41, 5.74) is 6.19. The Balaban J connectivity index is 0.000000367. The number of ether oxygens (including phenoxy) is 1. The average molecular weight is 325 g/mol. The SMILES string of the molecule is COc1ccccc1N.C[N+](CCS(=O)(=O)O)=S(=O)=O. The summed E-state index contributed by atoms with van der Waals surface area (Å²) in [7, 11) is -3.70. The number of para-hydroxylation sites is 2. The lowest BCUT2D eigenvalue weighted by atomic mass is 10.3. The van der Waals surface area contributed by atoms with Crippen molar-refractivity contribution >= 4 is 26.3 Å². The third kappa shape index (κ3) is 8.45. The molecule has 10 heteroatoms. The molecule has 0 saturated carbocycles. The molecule has 0 aliphatic heterocycles. The molecule has 3 N–H and O–H groups in total. The summed E-state index contributed by atoms with van der Waals surface area (Å²) in [5.74, 6) is 0.148. The Bertz CT molecular complexity index is 659. The van der Waals surface area contributed by atoms with Crippen LogP contribution in [-0.2, 0) is 20.6 Å². The zero-order chi connectivity index (χ0) is 15.8. The molecule has 0 saturated heterocycles. The van der Waals surface area contributed by atoms with E-state index in [9.17, 15) is 16.8 Å². The van der Waals surface area contributed by atoms with Crippen molar-refractivity contribution in [2.75, 3.05) is 32.2 Å². The number of nitrogens with zero attached hydrogens (tertiary/aromatic N) is 1. The van der Waals surface area contributed by atoms with E-state index in [1.54, 1.807) is 13.2 Å². The van der Waals surface area contributed by atoms with Crippen molar-refractivity contribution in [1.29, 1.82) is 0 Å². The van der Waals surface area contributed by atoms with Crippen molar-refractivity contribution < 1.29 is 30.1 Å². The largest absolute Gasteiger partial charge is 0.495 e. The molecule has 20 heavy (non-hydrogen) atoms. The molecule has 8 nitrogen and oxygen atoms in total. The highest BCUT2D eigenvalue weighted by molar-refractivity contribution is 7.85. The zero-order valence-corrected chi connectivity index (χ0v) is 12.7. The fraction of sp³-hybridized carbons (Fsp3) is 0.400. The van der Waals surface area contributed by atoms with Crippen LogP contribution in [0.15, 0.2) is 24.3 Å². The maximum atomic E-state index is 10.1. The quantitative estimate of drug-likeness (QED) is 0.448. The van der Waals surface area contributed by atoms with Gasteiger partial charge in [0.1, 0.15) is 11.5 Å². The van der Waals surface area contributed by atoms with Gasteiger partial charge in [-0.3, -0.25) is 4.55 Å². The van der Waals surface area contributed by atoms with Crippen LogP contribution in [0.1, 0.15) is 0 Å². The van der Waals surface area contributed by atoms with Gasteiger partial charge in [-0.25, -0.2) is 0 Å². The summed E-state index contributed by atoms with van der Waals surface area (Å²) in [5, 5.41) is 0. The van der Waals surface area contributed by atoms with Gasteiger partial charge < -0.3 is 10.5 Å². The van der Waals surface area contributed by atoms with E-state index in [1.807, 2.05) is 18.2 Å². The summed E-state index contributed by atoms with van der Waals surface area (Å²) in [6.45, 7) is -0.241. The zero-order valence-electron chi connectivity index (χ0n) is 11.1. The summed E-state index contributed by atoms with van der Waals surface area (Å²) >= 11 is 0. The van der Waals surface area contributed by atoms with Gasteiger partial charge in [0, 0.05) is 0 Å². The first kappa shape index (κ1) is 18.4. The number of nitrogens with two attached hydrogens (primary N) is 1. The summed E-state index contributed by atoms with van der Waals surface area (Å²) in [6.07, 6.45) is 0. The van der Waals surface area contributed by atoms with E-state index in [4.69, 9.17) is 15.0 Å². The molecular formula is C10H17N2O6S2+. The maximum Gasteiger partial charge on any atom is 0.458 e. The number of anilines is 1. The second-order valence-corrected chi connectivity index (χ2v) is 6.23. The van der Waals surface area contributed by atoms with Gasteiger partial charge in [0.25, 0.3) is 10.1 Å². The Kier molecular flexibility index (Phi) is 7.80. The van der Waals surface area contributed by atoms with E-state index in [0.29, 0.717) is 5.69 Å². The lowest BCUT2D eigenvalue weighted by Crippen LogP contribution is -2.16. The predicted octanol–water partition coefficient (Wildman–Crippen LogP) is -0.143. The molecule has 0 aromatic heterocycles. The van der Waals surface area contributed by atoms with Crippen LogP contribution in [0, 0.1) is 0 Å². The topological polar surface area (TPSA) is 127 Å². The minimum atomic E-state index is -4.07. The van der Waals surface area contributed by atoms with Crippen LogP contribution < -0.4 is 10.5 Å². The molecule has 114 valence electrons. The fourth-order valence-corrected chi connectivity index (χ4v) is 1.85. The summed E-state index contributed by atoms with van der Waals surface area (Å²) in [6, 6.07) is 7.39. The van der Waals surface area contributed by atoms with Gasteiger partial charge in [0.05, 0.1) is 12.8 Å². The van der Waals surface area contributed by atoms with Gasteiger partial charge in [-0.05, 0) is 12.1 Å². The molecule has 0 fully saturated rings. The number of nitrogen functional groups attached to an aromatic ring is 1. The van der Waals surface area contributed by atoms with Crippen LogP contribution in [-0.4, -0.2) is 51.8 Å². The Labute approximate surface area is 119 Å². The van der Waals surface area contributed by atoms with Crippen LogP contribution in [0.3, 0.4) is 0 Å². The number of methoxy groups -OCH3 is 1. The molecule has 1 aromatic rings. The van der Waals surface area contributed by atoms with Gasteiger partial charge in [-0.2, -0.15) is 8.42 Å². The van der Waals surface area contributed by atoms with Gasteiger partial charge in [-0.1, -0.05) is 12.1 Å².